The summed E-state index contributed by atoms with van der Waals surface area (Å²) in [5.74, 6) is 0.462. The number of hydrogen-bond donors (Lipinski definition) is 2. The number of aromatic carboxylic acids is 1. The first-order chi connectivity index (χ1) is 10.1. The first-order valence-corrected chi connectivity index (χ1v) is 7.15. The van der Waals surface area contributed by atoms with Crippen molar-refractivity contribution in [3.05, 3.63) is 42.0 Å². The molecule has 21 heavy (non-hydrogen) atoms. The molecule has 3 N–H and O–H groups in total. The van der Waals surface area contributed by atoms with Gasteiger partial charge in [0.25, 0.3) is 0 Å². The Morgan fingerprint density at radius 1 is 1.10 bits per heavy atom. The molecule has 2 aromatic rings. The first-order valence-electron chi connectivity index (χ1n) is 6.34. The summed E-state index contributed by atoms with van der Waals surface area (Å²) in [6.45, 7) is 1.10. The topological polar surface area (TPSA) is 81.8 Å². The number of anilines is 1. The summed E-state index contributed by atoms with van der Waals surface area (Å²) in [7, 11) is 0. The van der Waals surface area contributed by atoms with Crippen LogP contribution in [0.1, 0.15) is 10.4 Å². The monoisotopic (exact) mass is 303 g/mol. The molecule has 108 valence electrons. The molecule has 5 nitrogen and oxygen atoms in total. The molecule has 0 atom stereocenters. The third-order valence-electron chi connectivity index (χ3n) is 3.00. The van der Waals surface area contributed by atoms with E-state index in [0.29, 0.717) is 24.7 Å². The fraction of sp³-hybridized carbons (Fsp3) is 0.133. The highest BCUT2D eigenvalue weighted by Gasteiger charge is 2.13. The Kier molecular flexibility index (Phi) is 3.62. The molecule has 0 fully saturated rings. The zero-order chi connectivity index (χ0) is 14.8. The summed E-state index contributed by atoms with van der Waals surface area (Å²) in [4.78, 5) is 12.6. The lowest BCUT2D eigenvalue weighted by molar-refractivity contribution is 0.0697. The predicted octanol–water partition coefficient (Wildman–Crippen LogP) is 2.89. The molecular formula is C15H13NO4S. The van der Waals surface area contributed by atoms with Crippen LogP contribution in [0.15, 0.2) is 46.2 Å². The average Bonchev–Trinajstić information content (AvgIpc) is 2.49. The zero-order valence-electron chi connectivity index (χ0n) is 11.0. The van der Waals surface area contributed by atoms with Gasteiger partial charge in [-0.15, -0.1) is 0 Å². The van der Waals surface area contributed by atoms with E-state index in [1.54, 1.807) is 12.1 Å². The van der Waals surface area contributed by atoms with Gasteiger partial charge in [-0.05, 0) is 36.4 Å². The fourth-order valence-corrected chi connectivity index (χ4v) is 2.86. The van der Waals surface area contributed by atoms with Gasteiger partial charge in [-0.3, -0.25) is 0 Å². The van der Waals surface area contributed by atoms with E-state index in [1.807, 2.05) is 18.2 Å². The lowest BCUT2D eigenvalue weighted by Gasteiger charge is -2.18. The molecule has 1 aliphatic rings. The summed E-state index contributed by atoms with van der Waals surface area (Å²) in [5.41, 5.74) is 6.52. The molecule has 1 aliphatic heterocycles. The van der Waals surface area contributed by atoms with Crippen LogP contribution in [0.2, 0.25) is 0 Å². The second-order valence-corrected chi connectivity index (χ2v) is 5.58. The zero-order valence-corrected chi connectivity index (χ0v) is 11.9. The average molecular weight is 303 g/mol. The van der Waals surface area contributed by atoms with Gasteiger partial charge >= 0.3 is 5.97 Å². The number of carbonyl (C=O) groups is 1. The van der Waals surface area contributed by atoms with E-state index in [1.165, 1.54) is 17.8 Å². The van der Waals surface area contributed by atoms with Crippen molar-refractivity contribution in [3.63, 3.8) is 0 Å². The number of nitrogens with two attached hydrogens (primary N) is 1. The van der Waals surface area contributed by atoms with E-state index in [2.05, 4.69) is 0 Å². The SMILES string of the molecule is Nc1cc(C(=O)O)ccc1Sc1ccc2c(c1)OCCO2. The first kappa shape index (κ1) is 13.6. The molecule has 0 spiro atoms. The Morgan fingerprint density at radius 3 is 2.57 bits per heavy atom. The van der Waals surface area contributed by atoms with Crippen LogP contribution in [0, 0.1) is 0 Å². The minimum Gasteiger partial charge on any atom is -0.486 e. The van der Waals surface area contributed by atoms with Crippen molar-refractivity contribution in [2.75, 3.05) is 18.9 Å². The minimum absolute atomic E-state index is 0.180. The van der Waals surface area contributed by atoms with Crippen LogP contribution >= 0.6 is 11.8 Å². The number of nitrogen functional groups attached to an aromatic ring is 1. The maximum absolute atomic E-state index is 10.9. The Morgan fingerprint density at radius 2 is 1.86 bits per heavy atom. The van der Waals surface area contributed by atoms with Crippen molar-refractivity contribution in [2.45, 2.75) is 9.79 Å². The predicted molar refractivity (Wildman–Crippen MR) is 79.4 cm³/mol. The highest BCUT2D eigenvalue weighted by Crippen LogP contribution is 2.38. The van der Waals surface area contributed by atoms with Crippen molar-refractivity contribution in [1.82, 2.24) is 0 Å². The summed E-state index contributed by atoms with van der Waals surface area (Å²) in [6, 6.07) is 10.4. The summed E-state index contributed by atoms with van der Waals surface area (Å²) < 4.78 is 11.0. The van der Waals surface area contributed by atoms with Gasteiger partial charge in [0.05, 0.1) is 5.56 Å². The van der Waals surface area contributed by atoms with Gasteiger partial charge in [-0.2, -0.15) is 0 Å². The molecule has 0 bridgehead atoms. The Hall–Kier alpha value is -2.34. The van der Waals surface area contributed by atoms with Gasteiger partial charge in [-0.1, -0.05) is 11.8 Å². The van der Waals surface area contributed by atoms with Crippen LogP contribution in [0.3, 0.4) is 0 Å². The molecule has 0 aliphatic carbocycles. The van der Waals surface area contributed by atoms with Gasteiger partial charge in [0.15, 0.2) is 11.5 Å². The highest BCUT2D eigenvalue weighted by molar-refractivity contribution is 7.99. The van der Waals surface area contributed by atoms with E-state index < -0.39 is 5.97 Å². The molecule has 0 saturated carbocycles. The smallest absolute Gasteiger partial charge is 0.335 e. The number of fused-ring (bicyclic) bond motifs is 1. The minimum atomic E-state index is -0.988. The molecule has 0 aromatic heterocycles. The fourth-order valence-electron chi connectivity index (χ4n) is 1.99. The van der Waals surface area contributed by atoms with Crippen LogP contribution in [0.25, 0.3) is 0 Å². The largest absolute Gasteiger partial charge is 0.486 e. The second kappa shape index (κ2) is 5.57. The van der Waals surface area contributed by atoms with E-state index in [4.69, 9.17) is 20.3 Å². The van der Waals surface area contributed by atoms with Crippen molar-refractivity contribution < 1.29 is 19.4 Å². The summed E-state index contributed by atoms with van der Waals surface area (Å²) >= 11 is 1.45. The maximum Gasteiger partial charge on any atom is 0.335 e. The molecule has 1 heterocycles. The highest BCUT2D eigenvalue weighted by atomic mass is 32.2. The Bertz CT molecular complexity index is 702. The third kappa shape index (κ3) is 2.90. The number of ether oxygens (including phenoxy) is 2. The van der Waals surface area contributed by atoms with Crippen molar-refractivity contribution in [1.29, 1.82) is 0 Å². The van der Waals surface area contributed by atoms with Crippen LogP contribution in [-0.2, 0) is 0 Å². The molecule has 2 aromatic carbocycles. The van der Waals surface area contributed by atoms with Crippen LogP contribution in [-0.4, -0.2) is 24.3 Å². The van der Waals surface area contributed by atoms with Crippen molar-refractivity contribution >= 4 is 23.4 Å². The van der Waals surface area contributed by atoms with Gasteiger partial charge in [0.1, 0.15) is 13.2 Å². The van der Waals surface area contributed by atoms with Crippen LogP contribution in [0.4, 0.5) is 5.69 Å². The van der Waals surface area contributed by atoms with E-state index in [-0.39, 0.29) is 5.56 Å². The standard InChI is InChI=1S/C15H13NO4S/c16-11-7-9(15(17)18)1-4-14(11)21-10-2-3-12-13(8-10)20-6-5-19-12/h1-4,7-8H,5-6,16H2,(H,17,18). The number of hydrogen-bond acceptors (Lipinski definition) is 5. The second-order valence-electron chi connectivity index (χ2n) is 4.47. The van der Waals surface area contributed by atoms with Gasteiger partial charge in [0, 0.05) is 15.5 Å². The maximum atomic E-state index is 10.9. The molecule has 3 rings (SSSR count). The number of rotatable bonds is 3. The van der Waals surface area contributed by atoms with Crippen LogP contribution < -0.4 is 15.2 Å². The molecule has 0 amide bonds. The van der Waals surface area contributed by atoms with Crippen LogP contribution in [0.5, 0.6) is 11.5 Å². The van der Waals surface area contributed by atoms with Gasteiger partial charge in [-0.25, -0.2) is 4.79 Å². The third-order valence-corrected chi connectivity index (χ3v) is 4.08. The quantitative estimate of drug-likeness (QED) is 0.849. The number of carboxylic acid groups (broad SMARTS) is 1. The molecular weight excluding hydrogens is 290 g/mol. The molecule has 0 radical (unpaired) electrons. The van der Waals surface area contributed by atoms with Crippen molar-refractivity contribution in [2.24, 2.45) is 0 Å². The van der Waals surface area contributed by atoms with E-state index >= 15 is 0 Å². The number of carboxylic acids is 1. The lowest BCUT2D eigenvalue weighted by Crippen LogP contribution is -2.15. The lowest BCUT2D eigenvalue weighted by atomic mass is 10.2. The molecule has 6 heteroatoms. The van der Waals surface area contributed by atoms with Gasteiger partial charge < -0.3 is 20.3 Å². The summed E-state index contributed by atoms with van der Waals surface area (Å²) in [6.07, 6.45) is 0. The summed E-state index contributed by atoms with van der Waals surface area (Å²) in [5, 5.41) is 8.93. The van der Waals surface area contributed by atoms with E-state index in [0.717, 1.165) is 15.5 Å². The van der Waals surface area contributed by atoms with E-state index in [9.17, 15) is 4.79 Å². The molecule has 0 unspecified atom stereocenters. The molecule has 0 saturated heterocycles. The van der Waals surface area contributed by atoms with Gasteiger partial charge in [0.2, 0.25) is 0 Å². The number of benzene rings is 2. The van der Waals surface area contributed by atoms with Crippen molar-refractivity contribution in [3.8, 4) is 11.5 Å². The Labute approximate surface area is 125 Å². The normalized spacial score (nSPS) is 13.0. The Balaban J connectivity index is 1.85.